The fourth-order valence-corrected chi connectivity index (χ4v) is 3.38. The standard InChI is InChI=1S/C23H20BrFN4O2/c1-15-9-18(13-30-2)19(11-26)23(28-15)29-27-12-16-7-8-22(20(24)10-16)31-14-17-5-3-4-6-21(17)25/h3-10,12H,13-14H2,1-2H3,(H,28,29). The molecule has 158 valence electrons. The van der Waals surface area contributed by atoms with Crippen LogP contribution in [0.25, 0.3) is 0 Å². The molecular weight excluding hydrogens is 463 g/mol. The van der Waals surface area contributed by atoms with Crippen molar-refractivity contribution in [2.24, 2.45) is 5.10 Å². The number of hydrogen-bond acceptors (Lipinski definition) is 6. The SMILES string of the molecule is COCc1cc(C)nc(NN=Cc2ccc(OCc3ccccc3F)c(Br)c2)c1C#N. The van der Waals surface area contributed by atoms with Crippen molar-refractivity contribution in [3.63, 3.8) is 0 Å². The molecule has 6 nitrogen and oxygen atoms in total. The van der Waals surface area contributed by atoms with Crippen molar-refractivity contribution in [1.29, 1.82) is 5.26 Å². The second kappa shape index (κ2) is 10.7. The molecule has 8 heteroatoms. The molecule has 0 saturated carbocycles. The lowest BCUT2D eigenvalue weighted by atomic mass is 10.1. The van der Waals surface area contributed by atoms with Crippen LogP contribution < -0.4 is 10.2 Å². The first-order valence-corrected chi connectivity index (χ1v) is 10.2. The van der Waals surface area contributed by atoms with E-state index >= 15 is 0 Å². The second-order valence-electron chi connectivity index (χ2n) is 6.63. The predicted octanol–water partition coefficient (Wildman–Crippen LogP) is 5.33. The number of rotatable bonds is 8. The molecule has 0 unspecified atom stereocenters. The van der Waals surface area contributed by atoms with Crippen molar-refractivity contribution in [2.45, 2.75) is 20.1 Å². The third-order valence-electron chi connectivity index (χ3n) is 4.32. The first-order valence-electron chi connectivity index (χ1n) is 9.36. The number of hydrazone groups is 1. The molecule has 0 amide bonds. The molecular formula is C23H20BrFN4O2. The summed E-state index contributed by atoms with van der Waals surface area (Å²) in [6.45, 7) is 2.28. The molecule has 1 N–H and O–H groups in total. The third kappa shape index (κ3) is 5.87. The monoisotopic (exact) mass is 482 g/mol. The van der Waals surface area contributed by atoms with Gasteiger partial charge in [0.05, 0.1) is 17.3 Å². The maximum Gasteiger partial charge on any atom is 0.164 e. The van der Waals surface area contributed by atoms with Crippen molar-refractivity contribution < 1.29 is 13.9 Å². The summed E-state index contributed by atoms with van der Waals surface area (Å²) in [5.41, 5.74) is 5.99. The Morgan fingerprint density at radius 1 is 1.19 bits per heavy atom. The number of aryl methyl sites for hydroxylation is 1. The molecule has 3 aromatic rings. The van der Waals surface area contributed by atoms with E-state index in [1.165, 1.54) is 6.07 Å². The Bertz CT molecular complexity index is 1140. The molecule has 0 atom stereocenters. The summed E-state index contributed by atoms with van der Waals surface area (Å²) in [5.74, 6) is 0.656. The van der Waals surface area contributed by atoms with E-state index in [0.717, 1.165) is 16.8 Å². The van der Waals surface area contributed by atoms with Crippen LogP contribution in [0.2, 0.25) is 0 Å². The number of benzene rings is 2. The van der Waals surface area contributed by atoms with E-state index < -0.39 is 0 Å². The van der Waals surface area contributed by atoms with Crippen LogP contribution in [-0.4, -0.2) is 18.3 Å². The average molecular weight is 483 g/mol. The van der Waals surface area contributed by atoms with Crippen LogP contribution in [0.4, 0.5) is 10.2 Å². The molecule has 3 rings (SSSR count). The maximum atomic E-state index is 13.7. The Labute approximate surface area is 188 Å². The van der Waals surface area contributed by atoms with Crippen molar-refractivity contribution >= 4 is 28.0 Å². The lowest BCUT2D eigenvalue weighted by molar-refractivity contribution is 0.184. The van der Waals surface area contributed by atoms with E-state index in [9.17, 15) is 9.65 Å². The molecule has 0 aliphatic heterocycles. The van der Waals surface area contributed by atoms with Gasteiger partial charge in [0, 0.05) is 23.9 Å². The van der Waals surface area contributed by atoms with Crippen LogP contribution in [0.1, 0.15) is 27.9 Å². The van der Waals surface area contributed by atoms with Crippen LogP contribution in [0.15, 0.2) is 58.1 Å². The number of pyridine rings is 1. The fourth-order valence-electron chi connectivity index (χ4n) is 2.87. The molecule has 0 aliphatic carbocycles. The number of aromatic nitrogens is 1. The van der Waals surface area contributed by atoms with Gasteiger partial charge in [-0.15, -0.1) is 0 Å². The van der Waals surface area contributed by atoms with Gasteiger partial charge in [0.1, 0.15) is 29.8 Å². The Balaban J connectivity index is 1.69. The van der Waals surface area contributed by atoms with Crippen LogP contribution in [0.5, 0.6) is 5.75 Å². The smallest absolute Gasteiger partial charge is 0.164 e. The Morgan fingerprint density at radius 2 is 2.00 bits per heavy atom. The van der Waals surface area contributed by atoms with Gasteiger partial charge in [-0.3, -0.25) is 5.43 Å². The Kier molecular flexibility index (Phi) is 7.70. The molecule has 31 heavy (non-hydrogen) atoms. The summed E-state index contributed by atoms with van der Waals surface area (Å²) >= 11 is 3.47. The first kappa shape index (κ1) is 22.4. The number of nitrogens with one attached hydrogen (secondary N) is 1. The minimum Gasteiger partial charge on any atom is -0.488 e. The minimum absolute atomic E-state index is 0.125. The zero-order valence-corrected chi connectivity index (χ0v) is 18.6. The highest BCUT2D eigenvalue weighted by molar-refractivity contribution is 9.10. The van der Waals surface area contributed by atoms with E-state index in [1.807, 2.05) is 25.1 Å². The van der Waals surface area contributed by atoms with Gasteiger partial charge in [-0.05, 0) is 58.7 Å². The van der Waals surface area contributed by atoms with Crippen LogP contribution in [0, 0.1) is 24.1 Å². The number of methoxy groups -OCH3 is 1. The van der Waals surface area contributed by atoms with E-state index in [2.05, 4.69) is 37.5 Å². The third-order valence-corrected chi connectivity index (χ3v) is 4.94. The number of halogens is 2. The lowest BCUT2D eigenvalue weighted by Gasteiger charge is -2.10. The van der Waals surface area contributed by atoms with Gasteiger partial charge in [-0.25, -0.2) is 9.37 Å². The predicted molar refractivity (Wildman–Crippen MR) is 120 cm³/mol. The molecule has 0 aliphatic rings. The van der Waals surface area contributed by atoms with Crippen molar-refractivity contribution in [3.8, 4) is 11.8 Å². The summed E-state index contributed by atoms with van der Waals surface area (Å²) in [6, 6.07) is 15.9. The number of ether oxygens (including phenoxy) is 2. The molecule has 1 heterocycles. The van der Waals surface area contributed by atoms with E-state index in [1.54, 1.807) is 37.6 Å². The lowest BCUT2D eigenvalue weighted by Crippen LogP contribution is -2.03. The molecule has 0 bridgehead atoms. The van der Waals surface area contributed by atoms with Crippen LogP contribution >= 0.6 is 15.9 Å². The molecule has 0 radical (unpaired) electrons. The topological polar surface area (TPSA) is 79.5 Å². The van der Waals surface area contributed by atoms with E-state index in [-0.39, 0.29) is 12.4 Å². The summed E-state index contributed by atoms with van der Waals surface area (Å²) < 4.78 is 25.3. The molecule has 0 fully saturated rings. The molecule has 2 aromatic carbocycles. The van der Waals surface area contributed by atoms with Crippen molar-refractivity contribution in [2.75, 3.05) is 12.5 Å². The van der Waals surface area contributed by atoms with Gasteiger partial charge in [0.25, 0.3) is 0 Å². The second-order valence-corrected chi connectivity index (χ2v) is 7.49. The van der Waals surface area contributed by atoms with Crippen LogP contribution in [-0.2, 0) is 18.0 Å². The van der Waals surface area contributed by atoms with E-state index in [0.29, 0.717) is 33.8 Å². The van der Waals surface area contributed by atoms with Gasteiger partial charge < -0.3 is 9.47 Å². The molecule has 0 spiro atoms. The quantitative estimate of drug-likeness (QED) is 0.346. The zero-order valence-electron chi connectivity index (χ0n) is 17.0. The number of nitrogens with zero attached hydrogens (tertiary/aromatic N) is 3. The highest BCUT2D eigenvalue weighted by atomic mass is 79.9. The summed E-state index contributed by atoms with van der Waals surface area (Å²) in [7, 11) is 1.57. The highest BCUT2D eigenvalue weighted by Crippen LogP contribution is 2.27. The van der Waals surface area contributed by atoms with Gasteiger partial charge >= 0.3 is 0 Å². The summed E-state index contributed by atoms with van der Waals surface area (Å²) in [6.07, 6.45) is 1.60. The Morgan fingerprint density at radius 3 is 2.71 bits per heavy atom. The fraction of sp³-hybridized carbons (Fsp3) is 0.174. The first-order chi connectivity index (χ1) is 15.0. The average Bonchev–Trinajstić information content (AvgIpc) is 2.74. The zero-order chi connectivity index (χ0) is 22.2. The molecule has 0 saturated heterocycles. The largest absolute Gasteiger partial charge is 0.488 e. The van der Waals surface area contributed by atoms with Crippen molar-refractivity contribution in [3.05, 3.63) is 86.8 Å². The van der Waals surface area contributed by atoms with E-state index in [4.69, 9.17) is 9.47 Å². The number of anilines is 1. The summed E-state index contributed by atoms with van der Waals surface area (Å²) in [5, 5.41) is 13.7. The highest BCUT2D eigenvalue weighted by Gasteiger charge is 2.11. The number of hydrogen-bond donors (Lipinski definition) is 1. The normalized spacial score (nSPS) is 10.8. The Hall–Kier alpha value is -3.28. The molecule has 1 aromatic heterocycles. The maximum absolute atomic E-state index is 13.7. The minimum atomic E-state index is -0.302. The van der Waals surface area contributed by atoms with Crippen LogP contribution in [0.3, 0.4) is 0 Å². The van der Waals surface area contributed by atoms with Gasteiger partial charge in [0.15, 0.2) is 5.82 Å². The van der Waals surface area contributed by atoms with Gasteiger partial charge in [0.2, 0.25) is 0 Å². The van der Waals surface area contributed by atoms with Gasteiger partial charge in [-0.2, -0.15) is 10.4 Å². The summed E-state index contributed by atoms with van der Waals surface area (Å²) in [4.78, 5) is 4.35. The van der Waals surface area contributed by atoms with Crippen molar-refractivity contribution in [1.82, 2.24) is 4.98 Å². The van der Waals surface area contributed by atoms with Gasteiger partial charge in [-0.1, -0.05) is 18.2 Å². The number of nitriles is 1.